The van der Waals surface area contributed by atoms with Gasteiger partial charge in [0.2, 0.25) is 0 Å². The van der Waals surface area contributed by atoms with E-state index in [1.165, 1.54) is 60.7 Å². The Morgan fingerprint density at radius 1 is 0.686 bits per heavy atom. The molecule has 10 rings (SSSR count). The van der Waals surface area contributed by atoms with E-state index in [1.54, 1.807) is 61.4 Å². The highest BCUT2D eigenvalue weighted by Gasteiger charge is 2.38. The number of anilines is 2. The van der Waals surface area contributed by atoms with Crippen molar-refractivity contribution in [2.75, 3.05) is 29.5 Å². The van der Waals surface area contributed by atoms with Crippen molar-refractivity contribution >= 4 is 45.4 Å². The van der Waals surface area contributed by atoms with Crippen LogP contribution in [0.5, 0.6) is 0 Å². The van der Waals surface area contributed by atoms with Crippen LogP contribution in [-0.2, 0) is 85.5 Å². The summed E-state index contributed by atoms with van der Waals surface area (Å²) in [5.74, 6) is -3.07. The number of aromatic nitrogens is 10. The number of nitrogens with one attached hydrogen (secondary N) is 2. The van der Waals surface area contributed by atoms with Gasteiger partial charge < -0.3 is 29.4 Å². The van der Waals surface area contributed by atoms with Crippen LogP contribution in [0.25, 0.3) is 22.5 Å². The van der Waals surface area contributed by atoms with E-state index in [-0.39, 0.29) is 59.9 Å². The molecule has 2 N–H and O–H groups in total. The molecule has 2 aliphatic rings. The van der Waals surface area contributed by atoms with Gasteiger partial charge in [0.1, 0.15) is 57.3 Å². The van der Waals surface area contributed by atoms with Gasteiger partial charge in [0.15, 0.2) is 11.4 Å². The standard InChI is InChI=1S/C23H23F5N4O2.C18H15F5N4.C6H10O3.C5H7BrN2.C5H8N2O/c1-22(2,3)34-21(33)32-16-8-9-31(19-11-18(23(26,27)28)29-30(19)4)12-13(16)10-17(32)20-14(24)6-5-7-15(20)25;1-26-16(8-15(25-26)18(21,22)23)27-6-5-13-10(9-27)7-14(24-13)17-11(19)3-2-4-12(17)20;1-3-9-6(8)4-5(2)7;1-4-3-5(6)8(2)7-4;1-4-3-5(8)7(2)6-4/h5-7,10-11H,8-9,12H2,1-4H3;2-4,7-8,24H,5-6,9H2,1H3;3-4H2,1-2H3;3H,1-2H3;3,6H,1-2H3. The molecule has 29 heteroatoms. The van der Waals surface area contributed by atoms with E-state index >= 15 is 0 Å². The molecule has 0 spiro atoms. The summed E-state index contributed by atoms with van der Waals surface area (Å²) in [5.41, 5.74) is 1.55. The van der Waals surface area contributed by atoms with Gasteiger partial charge in [-0.1, -0.05) is 12.1 Å². The number of benzene rings is 2. The van der Waals surface area contributed by atoms with Gasteiger partial charge in [-0.25, -0.2) is 26.9 Å². The summed E-state index contributed by atoms with van der Waals surface area (Å²) in [7, 11) is 6.45. The van der Waals surface area contributed by atoms with Crippen LogP contribution in [0.2, 0.25) is 0 Å². The normalized spacial score (nSPS) is 13.0. The number of halogens is 11. The van der Waals surface area contributed by atoms with Crippen LogP contribution in [0.1, 0.15) is 86.3 Å². The number of H-pyrrole nitrogens is 2. The molecule has 0 aliphatic carbocycles. The number of rotatable bonds is 7. The second kappa shape index (κ2) is 27.3. The molecule has 8 heterocycles. The van der Waals surface area contributed by atoms with Gasteiger partial charge in [0.25, 0.3) is 5.56 Å². The monoisotopic (exact) mass is 1280 g/mol. The third-order valence-corrected chi connectivity index (χ3v) is 13.5. The van der Waals surface area contributed by atoms with Crippen molar-refractivity contribution in [2.45, 2.75) is 98.8 Å². The molecule has 464 valence electrons. The number of esters is 1. The average Bonchev–Trinajstić information content (AvgIpc) is 1.74. The lowest BCUT2D eigenvalue weighted by Crippen LogP contribution is -2.34. The summed E-state index contributed by atoms with van der Waals surface area (Å²) < 4.78 is 153. The summed E-state index contributed by atoms with van der Waals surface area (Å²) >= 11 is 3.32. The molecule has 0 amide bonds. The molecule has 0 bridgehead atoms. The smallest absolute Gasteiger partial charge is 0.435 e. The van der Waals surface area contributed by atoms with E-state index < -0.39 is 64.7 Å². The zero-order valence-electron chi connectivity index (χ0n) is 48.7. The lowest BCUT2D eigenvalue weighted by Gasteiger charge is -2.29. The third kappa shape index (κ3) is 17.0. The number of carbonyl (C=O) groups is 3. The lowest BCUT2D eigenvalue weighted by atomic mass is 10.1. The van der Waals surface area contributed by atoms with E-state index in [2.05, 4.69) is 46.0 Å². The van der Waals surface area contributed by atoms with Crippen molar-refractivity contribution in [3.8, 4) is 22.5 Å². The predicted molar refractivity (Wildman–Crippen MR) is 302 cm³/mol. The number of carbonyl (C=O) groups excluding carboxylic acids is 3. The zero-order valence-corrected chi connectivity index (χ0v) is 50.3. The molecular weight excluding hydrogens is 1220 g/mol. The van der Waals surface area contributed by atoms with Crippen molar-refractivity contribution in [2.24, 2.45) is 28.2 Å². The first-order valence-electron chi connectivity index (χ1n) is 26.4. The Bertz CT molecular complexity index is 3710. The SMILES string of the molecule is CCOC(=O)CC(C)=O.Cc1cc(=O)n(C)[nH]1.Cc1cc(Br)n(C)n1.Cn1nc(C(F)(F)F)cc1N1CCc2[nH]c(-c3c(F)cccc3F)cc2C1.Cn1nc(C(F)(F)F)cc1N1CCc2c(cc(-c3c(F)cccc3F)n2C(=O)OC(C)(C)C)C1. The number of hydrogen-bond acceptors (Lipinski definition) is 11. The number of aryl methyl sites for hydroxylation is 6. The number of ether oxygens (including phenoxy) is 2. The third-order valence-electron chi connectivity index (χ3n) is 12.8. The molecule has 2 aromatic carbocycles. The Kier molecular flexibility index (Phi) is 21.2. The zero-order chi connectivity index (χ0) is 63.9. The highest BCUT2D eigenvalue weighted by molar-refractivity contribution is 9.10. The molecule has 0 unspecified atom stereocenters. The first-order chi connectivity index (χ1) is 40.1. The number of ketones is 1. The minimum absolute atomic E-state index is 0.0160. The molecular formula is C57H63BrF10N12O6. The fourth-order valence-electron chi connectivity index (χ4n) is 9.11. The number of Topliss-reactive ketones (excluding diaryl/α,β-unsaturated/α-hetero) is 1. The van der Waals surface area contributed by atoms with Gasteiger partial charge in [-0.15, -0.1) is 0 Å². The lowest BCUT2D eigenvalue weighted by molar-refractivity contribution is -0.145. The summed E-state index contributed by atoms with van der Waals surface area (Å²) in [4.78, 5) is 50.8. The number of alkyl halides is 6. The van der Waals surface area contributed by atoms with Gasteiger partial charge in [-0.05, 0) is 118 Å². The number of aromatic amines is 2. The van der Waals surface area contributed by atoms with Crippen LogP contribution in [0, 0.1) is 37.1 Å². The van der Waals surface area contributed by atoms with E-state index in [1.807, 2.05) is 27.0 Å². The molecule has 0 saturated carbocycles. The van der Waals surface area contributed by atoms with E-state index in [0.29, 0.717) is 48.9 Å². The molecule has 0 radical (unpaired) electrons. The van der Waals surface area contributed by atoms with E-state index in [9.17, 15) is 63.1 Å². The molecule has 18 nitrogen and oxygen atoms in total. The van der Waals surface area contributed by atoms with Crippen molar-refractivity contribution in [1.82, 2.24) is 48.7 Å². The van der Waals surface area contributed by atoms with E-state index in [4.69, 9.17) is 4.74 Å². The predicted octanol–water partition coefficient (Wildman–Crippen LogP) is 11.8. The molecule has 0 saturated heterocycles. The van der Waals surface area contributed by atoms with Crippen LogP contribution in [-0.4, -0.2) is 91.8 Å². The van der Waals surface area contributed by atoms with Gasteiger partial charge in [0.05, 0.1) is 34.8 Å². The fraction of sp³-hybridized carbons (Fsp3) is 0.386. The molecule has 0 fully saturated rings. The summed E-state index contributed by atoms with van der Waals surface area (Å²) in [5, 5.41) is 14.0. The Balaban J connectivity index is 0.000000199. The number of nitrogens with zero attached hydrogens (tertiary/aromatic N) is 10. The number of hydrogen-bond donors (Lipinski definition) is 2. The van der Waals surface area contributed by atoms with Gasteiger partial charge in [0, 0.05) is 102 Å². The first kappa shape index (κ1) is 66.8. The quantitative estimate of drug-likeness (QED) is 0.0878. The molecule has 6 aromatic heterocycles. The van der Waals surface area contributed by atoms with Crippen LogP contribution in [0.3, 0.4) is 0 Å². The Morgan fingerprint density at radius 3 is 1.59 bits per heavy atom. The molecule has 2 aliphatic heterocycles. The maximum absolute atomic E-state index is 14.7. The van der Waals surface area contributed by atoms with Crippen molar-refractivity contribution in [3.63, 3.8) is 0 Å². The van der Waals surface area contributed by atoms with Crippen LogP contribution < -0.4 is 15.4 Å². The van der Waals surface area contributed by atoms with Crippen LogP contribution in [0.15, 0.2) is 82.2 Å². The van der Waals surface area contributed by atoms with Crippen molar-refractivity contribution in [1.29, 1.82) is 0 Å². The second-order valence-electron chi connectivity index (χ2n) is 20.8. The van der Waals surface area contributed by atoms with Gasteiger partial charge in [-0.3, -0.25) is 33.1 Å². The summed E-state index contributed by atoms with van der Waals surface area (Å²) in [6.45, 7) is 13.4. The fourth-order valence-corrected chi connectivity index (χ4v) is 9.52. The largest absolute Gasteiger partial charge is 0.466 e. The van der Waals surface area contributed by atoms with Crippen LogP contribution >= 0.6 is 15.9 Å². The maximum atomic E-state index is 14.7. The van der Waals surface area contributed by atoms with Crippen LogP contribution in [0.4, 0.5) is 60.3 Å². The molecule has 8 aromatic rings. The van der Waals surface area contributed by atoms with Gasteiger partial charge >= 0.3 is 24.4 Å². The first-order valence-corrected chi connectivity index (χ1v) is 27.2. The minimum atomic E-state index is -4.59. The molecule has 0 atom stereocenters. The topological polar surface area (TPSA) is 188 Å². The summed E-state index contributed by atoms with van der Waals surface area (Å²) in [6.07, 6.45) is -9.25. The average molecular weight is 1280 g/mol. The molecule has 86 heavy (non-hydrogen) atoms. The van der Waals surface area contributed by atoms with E-state index in [0.717, 1.165) is 60.8 Å². The highest BCUT2D eigenvalue weighted by Crippen LogP contribution is 2.38. The van der Waals surface area contributed by atoms with Gasteiger partial charge in [-0.2, -0.15) is 41.6 Å². The number of fused-ring (bicyclic) bond motifs is 2. The maximum Gasteiger partial charge on any atom is 0.435 e. The summed E-state index contributed by atoms with van der Waals surface area (Å²) in [6, 6.07) is 15.7. The Hall–Kier alpha value is -8.37. The Labute approximate surface area is 495 Å². The minimum Gasteiger partial charge on any atom is -0.466 e. The second-order valence-corrected chi connectivity index (χ2v) is 21.6. The Morgan fingerprint density at radius 2 is 1.20 bits per heavy atom. The van der Waals surface area contributed by atoms with Crippen molar-refractivity contribution in [3.05, 3.63) is 156 Å². The highest BCUT2D eigenvalue weighted by atomic mass is 79.9. The van der Waals surface area contributed by atoms with Crippen molar-refractivity contribution < 1.29 is 67.8 Å².